The number of hydrogen-bond acceptors (Lipinski definition) is 4. The van der Waals surface area contributed by atoms with Gasteiger partial charge in [-0.15, -0.1) is 0 Å². The van der Waals surface area contributed by atoms with Gasteiger partial charge in [0.25, 0.3) is 0 Å². The molecule has 1 aliphatic rings. The molecule has 5 heteroatoms. The van der Waals surface area contributed by atoms with Crippen molar-refractivity contribution in [2.45, 2.75) is 52.4 Å². The first kappa shape index (κ1) is 18.7. The standard InChI is InChI=1S/C19H29NO4/c1-6-23-12-15-10-14-8-7-13(9-16(14)17(15)21)11-20(5)18(22)24-19(2,3)4/h7-9,15,17,21H,6,10-12H2,1-5H3/t15-,17+/m1/s1. The van der Waals surface area contributed by atoms with Crippen molar-refractivity contribution < 1.29 is 19.4 Å². The van der Waals surface area contributed by atoms with E-state index in [1.807, 2.05) is 45.9 Å². The lowest BCUT2D eigenvalue weighted by Gasteiger charge is -2.25. The Kier molecular flexibility index (Phi) is 5.88. The zero-order valence-electron chi connectivity index (χ0n) is 15.3. The minimum Gasteiger partial charge on any atom is -0.444 e. The van der Waals surface area contributed by atoms with Crippen LogP contribution in [0.5, 0.6) is 0 Å². The molecule has 2 atom stereocenters. The molecule has 1 amide bonds. The summed E-state index contributed by atoms with van der Waals surface area (Å²) < 4.78 is 10.8. The van der Waals surface area contributed by atoms with Crippen molar-refractivity contribution >= 4 is 6.09 Å². The van der Waals surface area contributed by atoms with Gasteiger partial charge in [0.05, 0.1) is 12.7 Å². The van der Waals surface area contributed by atoms with E-state index in [1.54, 1.807) is 11.9 Å². The van der Waals surface area contributed by atoms with Crippen LogP contribution in [-0.2, 0) is 22.4 Å². The van der Waals surface area contributed by atoms with Gasteiger partial charge in [-0.3, -0.25) is 0 Å². The van der Waals surface area contributed by atoms with Gasteiger partial charge in [-0.1, -0.05) is 18.2 Å². The topological polar surface area (TPSA) is 59.0 Å². The smallest absolute Gasteiger partial charge is 0.410 e. The molecule has 1 aromatic rings. The number of ether oxygens (including phenoxy) is 2. The van der Waals surface area contributed by atoms with Crippen molar-refractivity contribution in [3.63, 3.8) is 0 Å². The van der Waals surface area contributed by atoms with Gasteiger partial charge in [0, 0.05) is 26.1 Å². The van der Waals surface area contributed by atoms with Crippen molar-refractivity contribution in [2.24, 2.45) is 5.92 Å². The van der Waals surface area contributed by atoms with Gasteiger partial charge in [-0.25, -0.2) is 4.79 Å². The van der Waals surface area contributed by atoms with E-state index in [4.69, 9.17) is 9.47 Å². The minimum absolute atomic E-state index is 0.110. The summed E-state index contributed by atoms with van der Waals surface area (Å²) in [6.07, 6.45) is -0.0188. The lowest BCUT2D eigenvalue weighted by atomic mass is 10.0. The van der Waals surface area contributed by atoms with Crippen molar-refractivity contribution in [3.05, 3.63) is 34.9 Å². The largest absolute Gasteiger partial charge is 0.444 e. The van der Waals surface area contributed by atoms with Crippen LogP contribution in [0, 0.1) is 5.92 Å². The first-order valence-electron chi connectivity index (χ1n) is 8.53. The fourth-order valence-electron chi connectivity index (χ4n) is 2.95. The minimum atomic E-state index is -0.508. The third kappa shape index (κ3) is 4.71. The fraction of sp³-hybridized carbons (Fsp3) is 0.632. The lowest BCUT2D eigenvalue weighted by Crippen LogP contribution is -2.33. The average molecular weight is 335 g/mol. The van der Waals surface area contributed by atoms with Gasteiger partial charge in [-0.05, 0) is 50.8 Å². The molecule has 0 unspecified atom stereocenters. The summed E-state index contributed by atoms with van der Waals surface area (Å²) in [4.78, 5) is 13.6. The van der Waals surface area contributed by atoms with Gasteiger partial charge in [-0.2, -0.15) is 0 Å². The summed E-state index contributed by atoms with van der Waals surface area (Å²) in [7, 11) is 1.72. The molecule has 1 aliphatic carbocycles. The van der Waals surface area contributed by atoms with Gasteiger partial charge < -0.3 is 19.5 Å². The SMILES string of the molecule is CCOC[C@H]1Cc2ccc(CN(C)C(=O)OC(C)(C)C)cc2[C@H]1O. The van der Waals surface area contributed by atoms with Crippen LogP contribution in [0.25, 0.3) is 0 Å². The summed E-state index contributed by atoms with van der Waals surface area (Å²) >= 11 is 0. The van der Waals surface area contributed by atoms with E-state index in [0.29, 0.717) is 19.8 Å². The van der Waals surface area contributed by atoms with Crippen molar-refractivity contribution in [2.75, 3.05) is 20.3 Å². The highest BCUT2D eigenvalue weighted by Gasteiger charge is 2.31. The summed E-state index contributed by atoms with van der Waals surface area (Å²) in [5, 5.41) is 10.5. The molecule has 0 saturated carbocycles. The lowest BCUT2D eigenvalue weighted by molar-refractivity contribution is 0.0285. The molecule has 0 radical (unpaired) electrons. The molecular formula is C19H29NO4. The zero-order chi connectivity index (χ0) is 17.9. The first-order valence-corrected chi connectivity index (χ1v) is 8.53. The van der Waals surface area contributed by atoms with Crippen LogP contribution in [0.3, 0.4) is 0 Å². The molecule has 0 aromatic heterocycles. The highest BCUT2D eigenvalue weighted by Crippen LogP contribution is 2.36. The highest BCUT2D eigenvalue weighted by molar-refractivity contribution is 5.67. The number of amides is 1. The molecule has 134 valence electrons. The third-order valence-corrected chi connectivity index (χ3v) is 4.12. The number of rotatable bonds is 5. The van der Waals surface area contributed by atoms with E-state index in [9.17, 15) is 9.90 Å². The van der Waals surface area contributed by atoms with E-state index >= 15 is 0 Å². The Hall–Kier alpha value is -1.59. The Balaban J connectivity index is 2.03. The predicted molar refractivity (Wildman–Crippen MR) is 92.8 cm³/mol. The molecular weight excluding hydrogens is 306 g/mol. The Labute approximate surface area is 144 Å². The summed E-state index contributed by atoms with van der Waals surface area (Å²) in [5.74, 6) is 0.110. The molecule has 0 bridgehead atoms. The van der Waals surface area contributed by atoms with Gasteiger partial charge in [0.1, 0.15) is 5.60 Å². The van der Waals surface area contributed by atoms with Gasteiger partial charge in [0.15, 0.2) is 0 Å². The van der Waals surface area contributed by atoms with E-state index in [2.05, 4.69) is 0 Å². The number of fused-ring (bicyclic) bond motifs is 1. The number of aliphatic hydroxyl groups excluding tert-OH is 1. The Morgan fingerprint density at radius 2 is 2.08 bits per heavy atom. The molecule has 1 N–H and O–H groups in total. The maximum atomic E-state index is 12.1. The molecule has 0 saturated heterocycles. The van der Waals surface area contributed by atoms with Crippen LogP contribution in [0.2, 0.25) is 0 Å². The van der Waals surface area contributed by atoms with Crippen LogP contribution in [0.1, 0.15) is 50.5 Å². The molecule has 24 heavy (non-hydrogen) atoms. The van der Waals surface area contributed by atoms with Crippen LogP contribution < -0.4 is 0 Å². The second-order valence-corrected chi connectivity index (χ2v) is 7.44. The Morgan fingerprint density at radius 3 is 2.71 bits per heavy atom. The normalized spacial score (nSPS) is 19.9. The molecule has 5 nitrogen and oxygen atoms in total. The Morgan fingerprint density at radius 1 is 1.38 bits per heavy atom. The average Bonchev–Trinajstić information content (AvgIpc) is 2.80. The second kappa shape index (κ2) is 7.53. The number of aliphatic hydroxyl groups is 1. The second-order valence-electron chi connectivity index (χ2n) is 7.44. The van der Waals surface area contributed by atoms with E-state index < -0.39 is 11.7 Å². The van der Waals surface area contributed by atoms with Crippen LogP contribution >= 0.6 is 0 Å². The van der Waals surface area contributed by atoms with Crippen molar-refractivity contribution in [1.82, 2.24) is 4.90 Å². The zero-order valence-corrected chi connectivity index (χ0v) is 15.3. The molecule has 0 spiro atoms. The maximum absolute atomic E-state index is 12.1. The van der Waals surface area contributed by atoms with Crippen LogP contribution in [-0.4, -0.2) is 42.0 Å². The third-order valence-electron chi connectivity index (χ3n) is 4.12. The summed E-state index contributed by atoms with van der Waals surface area (Å²) in [6, 6.07) is 6.05. The summed E-state index contributed by atoms with van der Waals surface area (Å²) in [6.45, 7) is 9.18. The van der Waals surface area contributed by atoms with Gasteiger partial charge in [0.2, 0.25) is 0 Å². The van der Waals surface area contributed by atoms with Crippen molar-refractivity contribution in [3.8, 4) is 0 Å². The van der Waals surface area contributed by atoms with E-state index in [-0.39, 0.29) is 12.0 Å². The highest BCUT2D eigenvalue weighted by atomic mass is 16.6. The molecule has 2 rings (SSSR count). The van der Waals surface area contributed by atoms with Crippen LogP contribution in [0.4, 0.5) is 4.79 Å². The number of carbonyl (C=O) groups excluding carboxylic acids is 1. The van der Waals surface area contributed by atoms with Crippen LogP contribution in [0.15, 0.2) is 18.2 Å². The number of carbonyl (C=O) groups is 1. The quantitative estimate of drug-likeness (QED) is 0.897. The van der Waals surface area contributed by atoms with E-state index in [0.717, 1.165) is 23.1 Å². The first-order chi connectivity index (χ1) is 11.2. The maximum Gasteiger partial charge on any atom is 0.410 e. The monoisotopic (exact) mass is 335 g/mol. The molecule has 0 aliphatic heterocycles. The molecule has 0 heterocycles. The van der Waals surface area contributed by atoms with Crippen molar-refractivity contribution in [1.29, 1.82) is 0 Å². The molecule has 0 fully saturated rings. The predicted octanol–water partition coefficient (Wildman–Crippen LogP) is 3.30. The number of nitrogens with zero attached hydrogens (tertiary/aromatic N) is 1. The van der Waals surface area contributed by atoms with Gasteiger partial charge >= 0.3 is 6.09 Å². The summed E-state index contributed by atoms with van der Waals surface area (Å²) in [5.41, 5.74) is 2.59. The Bertz CT molecular complexity index is 579. The molecule has 1 aromatic carbocycles. The fourth-order valence-corrected chi connectivity index (χ4v) is 2.95. The number of benzene rings is 1. The number of hydrogen-bond donors (Lipinski definition) is 1. The van der Waals surface area contributed by atoms with E-state index in [1.165, 1.54) is 0 Å².